The summed E-state index contributed by atoms with van der Waals surface area (Å²) in [6.07, 6.45) is 1.61. The number of nitrogens with zero attached hydrogens (tertiary/aromatic N) is 3. The molecule has 11 heteroatoms. The van der Waals surface area contributed by atoms with E-state index < -0.39 is 17.6 Å². The molecule has 1 aromatic carbocycles. The molecule has 44 heavy (non-hydrogen) atoms. The van der Waals surface area contributed by atoms with Gasteiger partial charge >= 0.3 is 0 Å². The van der Waals surface area contributed by atoms with E-state index in [1.807, 2.05) is 56.9 Å². The lowest BCUT2D eigenvalue weighted by molar-refractivity contribution is -0.146. The fourth-order valence-electron chi connectivity index (χ4n) is 6.99. The van der Waals surface area contributed by atoms with Gasteiger partial charge in [0.1, 0.15) is 12.2 Å². The third-order valence-electron chi connectivity index (χ3n) is 9.39. The molecule has 0 bridgehead atoms. The van der Waals surface area contributed by atoms with E-state index >= 15 is 0 Å². The van der Waals surface area contributed by atoms with Crippen LogP contribution in [0.2, 0.25) is 5.02 Å². The van der Waals surface area contributed by atoms with Gasteiger partial charge in [-0.3, -0.25) is 24.0 Å². The van der Waals surface area contributed by atoms with Crippen LogP contribution in [0.5, 0.6) is 0 Å². The van der Waals surface area contributed by atoms with E-state index in [1.54, 1.807) is 4.90 Å². The molecule has 4 atom stereocenters. The molecule has 7 nitrogen and oxygen atoms in total. The lowest BCUT2D eigenvalue weighted by Crippen LogP contribution is -2.53. The van der Waals surface area contributed by atoms with Crippen molar-refractivity contribution in [3.05, 3.63) is 34.9 Å². The van der Waals surface area contributed by atoms with Gasteiger partial charge in [-0.1, -0.05) is 44.5 Å². The molecule has 2 heterocycles. The zero-order chi connectivity index (χ0) is 31.0. The largest absolute Gasteiger partial charge is 0.355 e. The van der Waals surface area contributed by atoms with Crippen LogP contribution in [0.1, 0.15) is 92.1 Å². The summed E-state index contributed by atoms with van der Waals surface area (Å²) in [6.45, 7) is 16.1. The predicted molar refractivity (Wildman–Crippen MR) is 175 cm³/mol. The number of amides is 3. The molecule has 1 aliphatic carbocycles. The highest BCUT2D eigenvalue weighted by molar-refractivity contribution is 6.30. The molecular weight excluding hydrogens is 609 g/mol. The predicted octanol–water partition coefficient (Wildman–Crippen LogP) is 5.99. The number of nitrogens with one attached hydrogen (secondary N) is 1. The van der Waals surface area contributed by atoms with Crippen molar-refractivity contribution in [2.45, 2.75) is 116 Å². The molecule has 1 aromatic rings. The summed E-state index contributed by atoms with van der Waals surface area (Å²) in [5.74, 6) is -0.615. The summed E-state index contributed by atoms with van der Waals surface area (Å²) >= 11 is 6.20. The Hall–Kier alpha value is -1.97. The Morgan fingerprint density at radius 1 is 0.955 bits per heavy atom. The number of carbonyl (C=O) groups excluding carboxylic acids is 3. The van der Waals surface area contributed by atoms with E-state index in [4.69, 9.17) is 11.6 Å². The van der Waals surface area contributed by atoms with E-state index in [-0.39, 0.29) is 64.3 Å². The molecule has 4 rings (SSSR count). The SMILES string of the molecule is CCNC(=O)[C@@H]1C[C@H](N(C(=O)C(C)(C)C)C2CCC(F)CC2)CN1C(=O)[C@@H]1CN(C(C)(C)C)C[C@H]1c1ccc(Cl)cc1.Cl.F. The molecule has 0 spiro atoms. The van der Waals surface area contributed by atoms with E-state index in [2.05, 4.69) is 31.0 Å². The molecule has 0 aromatic heterocycles. The normalized spacial score (nSPS) is 27.7. The maximum atomic E-state index is 14.6. The van der Waals surface area contributed by atoms with Crippen molar-refractivity contribution >= 4 is 41.7 Å². The van der Waals surface area contributed by atoms with Gasteiger partial charge in [-0.05, 0) is 77.5 Å². The van der Waals surface area contributed by atoms with Gasteiger partial charge in [0.2, 0.25) is 17.7 Å². The monoisotopic (exact) mass is 660 g/mol. The molecule has 3 aliphatic rings. The maximum absolute atomic E-state index is 14.6. The number of halogens is 4. The lowest BCUT2D eigenvalue weighted by atomic mass is 9.87. The minimum Gasteiger partial charge on any atom is -0.355 e. The van der Waals surface area contributed by atoms with Crippen molar-refractivity contribution < 1.29 is 23.5 Å². The van der Waals surface area contributed by atoms with Gasteiger partial charge in [-0.25, -0.2) is 4.39 Å². The van der Waals surface area contributed by atoms with Crippen LogP contribution in [-0.2, 0) is 14.4 Å². The summed E-state index contributed by atoms with van der Waals surface area (Å²) in [6, 6.07) is 6.67. The minimum atomic E-state index is -0.837. The van der Waals surface area contributed by atoms with Gasteiger partial charge in [-0.15, -0.1) is 12.4 Å². The Kier molecular flexibility index (Phi) is 13.1. The quantitative estimate of drug-likeness (QED) is 0.407. The summed E-state index contributed by atoms with van der Waals surface area (Å²) in [7, 11) is 0. The van der Waals surface area contributed by atoms with Crippen molar-refractivity contribution in [1.29, 1.82) is 0 Å². The van der Waals surface area contributed by atoms with Gasteiger partial charge in [-0.2, -0.15) is 0 Å². The summed E-state index contributed by atoms with van der Waals surface area (Å²) < 4.78 is 14.1. The Morgan fingerprint density at radius 2 is 1.55 bits per heavy atom. The van der Waals surface area contributed by atoms with Crippen LogP contribution < -0.4 is 5.32 Å². The Balaban J connectivity index is 0.00000337. The summed E-state index contributed by atoms with van der Waals surface area (Å²) in [4.78, 5) is 48.0. The number of carbonyl (C=O) groups is 3. The molecule has 2 aliphatic heterocycles. The van der Waals surface area contributed by atoms with Crippen molar-refractivity contribution in [2.75, 3.05) is 26.2 Å². The molecule has 2 saturated heterocycles. The summed E-state index contributed by atoms with van der Waals surface area (Å²) in [5.41, 5.74) is 0.295. The molecule has 1 saturated carbocycles. The third kappa shape index (κ3) is 8.43. The standard InChI is InChI=1S/C33H50ClFN4O3.ClH.FH/c1-8-36-29(40)28-17-25(39(31(42)32(2,3)4)24-15-13-23(35)14-16-24)18-38(28)30(41)27-20-37(33(5,6)7)19-26(27)21-9-11-22(34)12-10-21;;/h9-12,23-28H,8,13-20H2,1-7H3,(H,36,40);2*1H/t23?,24?,25-,26-,27+,28-;;/m0../s1. The second-order valence-corrected chi connectivity index (χ2v) is 14.9. The lowest BCUT2D eigenvalue weighted by Gasteiger charge is -2.42. The molecular formula is C33H52Cl2F2N4O3. The van der Waals surface area contributed by atoms with Crippen molar-refractivity contribution in [3.8, 4) is 0 Å². The highest BCUT2D eigenvalue weighted by Crippen LogP contribution is 2.40. The first-order valence-corrected chi connectivity index (χ1v) is 16.0. The van der Waals surface area contributed by atoms with Crippen molar-refractivity contribution in [1.82, 2.24) is 20.0 Å². The summed E-state index contributed by atoms with van der Waals surface area (Å²) in [5, 5.41) is 3.59. The minimum absolute atomic E-state index is 0. The number of rotatable bonds is 6. The van der Waals surface area contributed by atoms with E-state index in [0.29, 0.717) is 56.8 Å². The van der Waals surface area contributed by atoms with Crippen molar-refractivity contribution in [3.63, 3.8) is 0 Å². The second-order valence-electron chi connectivity index (χ2n) is 14.5. The van der Waals surface area contributed by atoms with Crippen LogP contribution in [0.3, 0.4) is 0 Å². The molecule has 250 valence electrons. The Bertz CT molecular complexity index is 1130. The molecule has 0 radical (unpaired) electrons. The number of hydrogen-bond acceptors (Lipinski definition) is 4. The zero-order valence-electron chi connectivity index (χ0n) is 27.3. The van der Waals surface area contributed by atoms with Gasteiger partial charge < -0.3 is 15.1 Å². The number of hydrogen-bond donors (Lipinski definition) is 1. The molecule has 1 N–H and O–H groups in total. The Morgan fingerprint density at radius 3 is 2.07 bits per heavy atom. The Labute approximate surface area is 273 Å². The van der Waals surface area contributed by atoms with Gasteiger partial charge in [0.15, 0.2) is 0 Å². The van der Waals surface area contributed by atoms with Gasteiger partial charge in [0.05, 0.1) is 12.0 Å². The number of benzene rings is 1. The van der Waals surface area contributed by atoms with E-state index in [9.17, 15) is 18.8 Å². The van der Waals surface area contributed by atoms with Crippen molar-refractivity contribution in [2.24, 2.45) is 11.3 Å². The van der Waals surface area contributed by atoms with Crippen LogP contribution in [0.15, 0.2) is 24.3 Å². The first-order chi connectivity index (χ1) is 19.6. The average Bonchev–Trinajstić information content (AvgIpc) is 3.55. The zero-order valence-corrected chi connectivity index (χ0v) is 28.8. The number of likely N-dealkylation sites (N-methyl/N-ethyl adjacent to an activating group) is 1. The van der Waals surface area contributed by atoms with Crippen LogP contribution in [-0.4, -0.2) is 88.4 Å². The second kappa shape index (κ2) is 15.1. The highest BCUT2D eigenvalue weighted by atomic mass is 35.5. The van der Waals surface area contributed by atoms with Gasteiger partial charge in [0.25, 0.3) is 0 Å². The van der Waals surface area contributed by atoms with Crippen LogP contribution in [0.25, 0.3) is 0 Å². The van der Waals surface area contributed by atoms with E-state index in [0.717, 1.165) is 12.1 Å². The van der Waals surface area contributed by atoms with Gasteiger partial charge in [0, 0.05) is 54.1 Å². The van der Waals surface area contributed by atoms with E-state index in [1.165, 1.54) is 0 Å². The molecule has 0 unspecified atom stereocenters. The molecule has 3 fully saturated rings. The van der Waals surface area contributed by atoms with Crippen LogP contribution in [0.4, 0.5) is 9.09 Å². The first-order valence-electron chi connectivity index (χ1n) is 15.7. The first kappa shape index (κ1) is 38.2. The topological polar surface area (TPSA) is 73.0 Å². The average molecular weight is 662 g/mol. The fourth-order valence-corrected chi connectivity index (χ4v) is 7.12. The number of likely N-dealkylation sites (tertiary alicyclic amines) is 2. The van der Waals surface area contributed by atoms with Crippen LogP contribution >= 0.6 is 24.0 Å². The fraction of sp³-hybridized carbons (Fsp3) is 0.727. The number of alkyl halides is 1. The molecule has 3 amide bonds. The third-order valence-corrected chi connectivity index (χ3v) is 9.64. The van der Waals surface area contributed by atoms with Crippen LogP contribution in [0, 0.1) is 11.3 Å². The highest BCUT2D eigenvalue weighted by Gasteiger charge is 2.50. The smallest absolute Gasteiger partial charge is 0.242 e. The maximum Gasteiger partial charge on any atom is 0.242 e.